The maximum absolute atomic E-state index is 11.4. The van der Waals surface area contributed by atoms with Crippen LogP contribution in [0.25, 0.3) is 0 Å². The summed E-state index contributed by atoms with van der Waals surface area (Å²) in [5.41, 5.74) is 1.64. The molecule has 0 fully saturated rings. The summed E-state index contributed by atoms with van der Waals surface area (Å²) in [5.74, 6) is 0.427. The van der Waals surface area contributed by atoms with Gasteiger partial charge in [-0.05, 0) is 35.7 Å². The van der Waals surface area contributed by atoms with Crippen LogP contribution in [-0.4, -0.2) is 9.91 Å². The van der Waals surface area contributed by atoms with E-state index in [0.29, 0.717) is 26.7 Å². The Kier molecular flexibility index (Phi) is 5.76. The molecule has 2 aromatic carbocycles. The molecule has 0 amide bonds. The SMILES string of the molecule is O=[N+]([O-])c1cc(Br)c(Cc2cccc(Cl)c2)cc1Oc1cncc(Cl)c1. The van der Waals surface area contributed by atoms with Crippen LogP contribution in [0.4, 0.5) is 5.69 Å². The molecular weight excluding hydrogens is 443 g/mol. The second kappa shape index (κ2) is 8.03. The lowest BCUT2D eigenvalue weighted by Gasteiger charge is -2.11. The molecule has 3 aromatic rings. The van der Waals surface area contributed by atoms with Crippen LogP contribution >= 0.6 is 39.1 Å². The molecule has 0 saturated carbocycles. The van der Waals surface area contributed by atoms with Crippen molar-refractivity contribution in [2.24, 2.45) is 0 Å². The van der Waals surface area contributed by atoms with Crippen molar-refractivity contribution in [1.29, 1.82) is 0 Å². The van der Waals surface area contributed by atoms with E-state index in [9.17, 15) is 10.1 Å². The number of ether oxygens (including phenoxy) is 1. The number of halogens is 3. The average Bonchev–Trinajstić information content (AvgIpc) is 2.57. The molecule has 0 N–H and O–H groups in total. The van der Waals surface area contributed by atoms with Crippen LogP contribution in [0.3, 0.4) is 0 Å². The smallest absolute Gasteiger partial charge is 0.312 e. The lowest BCUT2D eigenvalue weighted by molar-refractivity contribution is -0.385. The molecule has 0 aliphatic carbocycles. The van der Waals surface area contributed by atoms with E-state index in [1.54, 1.807) is 12.1 Å². The van der Waals surface area contributed by atoms with Gasteiger partial charge in [-0.25, -0.2) is 0 Å². The summed E-state index contributed by atoms with van der Waals surface area (Å²) >= 11 is 15.3. The van der Waals surface area contributed by atoms with Crippen LogP contribution in [0.2, 0.25) is 10.0 Å². The van der Waals surface area contributed by atoms with E-state index in [2.05, 4.69) is 20.9 Å². The van der Waals surface area contributed by atoms with Gasteiger partial charge in [-0.1, -0.05) is 51.3 Å². The second-order valence-corrected chi connectivity index (χ2v) is 7.14. The molecule has 3 rings (SSSR count). The third-order valence-electron chi connectivity index (χ3n) is 3.52. The van der Waals surface area contributed by atoms with Crippen LogP contribution < -0.4 is 4.74 Å². The van der Waals surface area contributed by atoms with Gasteiger partial charge in [0.05, 0.1) is 16.1 Å². The third kappa shape index (κ3) is 4.52. The lowest BCUT2D eigenvalue weighted by atomic mass is 10.0. The first-order valence-corrected chi connectivity index (χ1v) is 8.97. The molecule has 26 heavy (non-hydrogen) atoms. The number of pyridine rings is 1. The zero-order chi connectivity index (χ0) is 18.7. The van der Waals surface area contributed by atoms with E-state index in [0.717, 1.165) is 11.1 Å². The van der Waals surface area contributed by atoms with Gasteiger partial charge in [-0.3, -0.25) is 15.1 Å². The second-order valence-electron chi connectivity index (χ2n) is 5.42. The Morgan fingerprint density at radius 3 is 2.62 bits per heavy atom. The Morgan fingerprint density at radius 2 is 1.92 bits per heavy atom. The van der Waals surface area contributed by atoms with E-state index >= 15 is 0 Å². The molecule has 5 nitrogen and oxygen atoms in total. The highest BCUT2D eigenvalue weighted by Crippen LogP contribution is 2.37. The first kappa shape index (κ1) is 18.6. The van der Waals surface area contributed by atoms with Gasteiger partial charge >= 0.3 is 5.69 Å². The molecule has 0 bridgehead atoms. The van der Waals surface area contributed by atoms with Crippen LogP contribution in [0.15, 0.2) is 59.3 Å². The van der Waals surface area contributed by atoms with Gasteiger partial charge < -0.3 is 4.74 Å². The fourth-order valence-corrected chi connectivity index (χ4v) is 3.24. The molecule has 0 spiro atoms. The average molecular weight is 454 g/mol. The summed E-state index contributed by atoms with van der Waals surface area (Å²) in [5, 5.41) is 12.4. The minimum atomic E-state index is -0.499. The van der Waals surface area contributed by atoms with Crippen LogP contribution in [0.1, 0.15) is 11.1 Å². The predicted octanol–water partition coefficient (Wildman–Crippen LogP) is 6.44. The Morgan fingerprint density at radius 1 is 1.12 bits per heavy atom. The number of aromatic nitrogens is 1. The van der Waals surface area contributed by atoms with Crippen LogP contribution in [0.5, 0.6) is 11.5 Å². The molecule has 0 saturated heterocycles. The maximum Gasteiger partial charge on any atom is 0.312 e. The van der Waals surface area contributed by atoms with E-state index in [1.807, 2.05) is 18.2 Å². The van der Waals surface area contributed by atoms with Gasteiger partial charge in [0, 0.05) is 27.8 Å². The molecule has 0 aliphatic rings. The fourth-order valence-electron chi connectivity index (χ4n) is 2.39. The van der Waals surface area contributed by atoms with Crippen molar-refractivity contribution >= 4 is 44.8 Å². The maximum atomic E-state index is 11.4. The van der Waals surface area contributed by atoms with E-state index in [-0.39, 0.29) is 11.4 Å². The first-order chi connectivity index (χ1) is 12.4. The highest BCUT2D eigenvalue weighted by atomic mass is 79.9. The number of rotatable bonds is 5. The lowest BCUT2D eigenvalue weighted by Crippen LogP contribution is -1.98. The van der Waals surface area contributed by atoms with Crippen molar-refractivity contribution in [2.75, 3.05) is 0 Å². The molecule has 0 unspecified atom stereocenters. The van der Waals surface area contributed by atoms with Crippen molar-refractivity contribution < 1.29 is 9.66 Å². The Hall–Kier alpha value is -2.15. The molecular formula is C18H11BrCl2N2O3. The summed E-state index contributed by atoms with van der Waals surface area (Å²) in [4.78, 5) is 14.8. The van der Waals surface area contributed by atoms with E-state index in [4.69, 9.17) is 27.9 Å². The standard InChI is InChI=1S/C18H11BrCl2N2O3/c19-16-8-17(23(24)25)18(26-15-7-14(21)9-22-10-15)6-12(16)4-11-2-1-3-13(20)5-11/h1-3,5-10H,4H2. The number of nitro benzene ring substituents is 1. The molecule has 1 aromatic heterocycles. The quantitative estimate of drug-likeness (QED) is 0.329. The number of nitrogens with zero attached hydrogens (tertiary/aromatic N) is 2. The number of hydrogen-bond acceptors (Lipinski definition) is 4. The van der Waals surface area contributed by atoms with Gasteiger partial charge in [-0.15, -0.1) is 0 Å². The Labute approximate surface area is 167 Å². The van der Waals surface area contributed by atoms with Crippen LogP contribution in [0, 0.1) is 10.1 Å². The van der Waals surface area contributed by atoms with Crippen molar-refractivity contribution in [2.45, 2.75) is 6.42 Å². The normalized spacial score (nSPS) is 10.6. The minimum absolute atomic E-state index is 0.110. The highest BCUT2D eigenvalue weighted by molar-refractivity contribution is 9.10. The Bertz CT molecular complexity index is 982. The number of hydrogen-bond donors (Lipinski definition) is 0. The zero-order valence-corrected chi connectivity index (χ0v) is 16.3. The monoisotopic (exact) mass is 452 g/mol. The predicted molar refractivity (Wildman–Crippen MR) is 104 cm³/mol. The fraction of sp³-hybridized carbons (Fsp3) is 0.0556. The summed E-state index contributed by atoms with van der Waals surface area (Å²) in [6, 6.07) is 12.0. The molecule has 132 valence electrons. The summed E-state index contributed by atoms with van der Waals surface area (Å²) < 4.78 is 6.29. The summed E-state index contributed by atoms with van der Waals surface area (Å²) in [6.45, 7) is 0. The topological polar surface area (TPSA) is 65.3 Å². The minimum Gasteiger partial charge on any atom is -0.448 e. The zero-order valence-electron chi connectivity index (χ0n) is 13.2. The van der Waals surface area contributed by atoms with Gasteiger partial charge in [0.1, 0.15) is 5.75 Å². The number of benzene rings is 2. The largest absolute Gasteiger partial charge is 0.448 e. The molecule has 0 atom stereocenters. The molecule has 1 heterocycles. The van der Waals surface area contributed by atoms with Crippen molar-refractivity contribution in [1.82, 2.24) is 4.98 Å². The van der Waals surface area contributed by atoms with E-state index < -0.39 is 4.92 Å². The molecule has 8 heteroatoms. The third-order valence-corrected chi connectivity index (χ3v) is 4.70. The van der Waals surface area contributed by atoms with Crippen molar-refractivity contribution in [3.63, 3.8) is 0 Å². The first-order valence-electron chi connectivity index (χ1n) is 7.42. The van der Waals surface area contributed by atoms with Gasteiger partial charge in [0.25, 0.3) is 0 Å². The van der Waals surface area contributed by atoms with Gasteiger partial charge in [-0.2, -0.15) is 0 Å². The Balaban J connectivity index is 2.00. The van der Waals surface area contributed by atoms with Gasteiger partial charge in [0.15, 0.2) is 0 Å². The van der Waals surface area contributed by atoms with Crippen molar-refractivity contribution in [3.8, 4) is 11.5 Å². The van der Waals surface area contributed by atoms with E-state index in [1.165, 1.54) is 24.5 Å². The number of nitro groups is 1. The highest BCUT2D eigenvalue weighted by Gasteiger charge is 2.20. The summed E-state index contributed by atoms with van der Waals surface area (Å²) in [7, 11) is 0. The summed E-state index contributed by atoms with van der Waals surface area (Å²) in [6.07, 6.45) is 3.42. The molecule has 0 radical (unpaired) electrons. The van der Waals surface area contributed by atoms with Gasteiger partial charge in [0.2, 0.25) is 5.75 Å². The van der Waals surface area contributed by atoms with Crippen LogP contribution in [-0.2, 0) is 6.42 Å². The molecule has 0 aliphatic heterocycles. The van der Waals surface area contributed by atoms with Crippen molar-refractivity contribution in [3.05, 3.63) is 90.6 Å².